The Morgan fingerprint density at radius 3 is 2.50 bits per heavy atom. The van der Waals surface area contributed by atoms with E-state index >= 15 is 0 Å². The monoisotopic (exact) mass is 479 g/mol. The molecular weight excluding hydrogens is 458 g/mol. The van der Waals surface area contributed by atoms with Crippen molar-refractivity contribution in [1.82, 2.24) is 9.97 Å². The highest BCUT2D eigenvalue weighted by Crippen LogP contribution is 2.29. The maximum Gasteiger partial charge on any atom is 0.343 e. The number of hydrazone groups is 1. The minimum absolute atomic E-state index is 0.0764. The summed E-state index contributed by atoms with van der Waals surface area (Å²) in [6, 6.07) is 24.5. The van der Waals surface area contributed by atoms with Crippen molar-refractivity contribution in [2.24, 2.45) is 5.10 Å². The van der Waals surface area contributed by atoms with Gasteiger partial charge in [0.15, 0.2) is 11.5 Å². The molecule has 178 valence electrons. The number of benzene rings is 3. The number of carbonyl (C=O) groups excluding carboxylic acids is 1. The molecule has 0 aliphatic rings. The number of aromatic amines is 1. The molecule has 2 N–H and O–H groups in total. The summed E-state index contributed by atoms with van der Waals surface area (Å²) < 4.78 is 11.1. The van der Waals surface area contributed by atoms with Crippen molar-refractivity contribution in [2.45, 2.75) is 6.92 Å². The summed E-state index contributed by atoms with van der Waals surface area (Å²) in [5.41, 5.74) is 3.97. The van der Waals surface area contributed by atoms with E-state index in [1.165, 1.54) is 6.21 Å². The molecule has 0 saturated heterocycles. The number of aromatic nitrogens is 2. The number of esters is 1. The highest BCUT2D eigenvalue weighted by molar-refractivity contribution is 5.91. The largest absolute Gasteiger partial charge is 0.490 e. The second kappa shape index (κ2) is 11.3. The Labute approximate surface area is 206 Å². The standard InChI is InChI=1S/C27H21N5O4/c1-2-35-23-15-18(13-14-22(23)36-26(34)20-11-7-4-8-12-20)17-29-32-27-30-24(19-9-5-3-6-10-19)21(16-28)25(33)31-27/h3-15,17H,2H2,1H3,(H2,30,31,32,33). The molecule has 0 atom stereocenters. The summed E-state index contributed by atoms with van der Waals surface area (Å²) in [6.07, 6.45) is 1.49. The van der Waals surface area contributed by atoms with E-state index in [1.54, 1.807) is 66.7 Å². The van der Waals surface area contributed by atoms with Gasteiger partial charge in [-0.05, 0) is 42.8 Å². The molecule has 0 bridgehead atoms. The second-order valence-corrected chi connectivity index (χ2v) is 7.38. The molecule has 0 amide bonds. The van der Waals surface area contributed by atoms with E-state index in [0.717, 1.165) is 0 Å². The van der Waals surface area contributed by atoms with Crippen LogP contribution in [0.4, 0.5) is 5.95 Å². The van der Waals surface area contributed by atoms with Crippen LogP contribution in [0.5, 0.6) is 11.5 Å². The van der Waals surface area contributed by atoms with Crippen LogP contribution in [-0.4, -0.2) is 28.8 Å². The zero-order valence-corrected chi connectivity index (χ0v) is 19.3. The van der Waals surface area contributed by atoms with Crippen LogP contribution >= 0.6 is 0 Å². The van der Waals surface area contributed by atoms with Gasteiger partial charge in [0.25, 0.3) is 5.56 Å². The second-order valence-electron chi connectivity index (χ2n) is 7.38. The van der Waals surface area contributed by atoms with Crippen LogP contribution in [0, 0.1) is 11.3 Å². The van der Waals surface area contributed by atoms with Gasteiger partial charge in [0.05, 0.1) is 24.1 Å². The lowest BCUT2D eigenvalue weighted by Crippen LogP contribution is -2.16. The minimum atomic E-state index is -0.577. The molecule has 0 radical (unpaired) electrons. The maximum atomic E-state index is 12.4. The van der Waals surface area contributed by atoms with Gasteiger partial charge in [0.1, 0.15) is 11.6 Å². The maximum absolute atomic E-state index is 12.4. The molecule has 4 rings (SSSR count). The number of nitrogens with one attached hydrogen (secondary N) is 2. The lowest BCUT2D eigenvalue weighted by molar-refractivity contribution is 0.0728. The molecule has 9 heteroatoms. The number of nitrogens with zero attached hydrogens (tertiary/aromatic N) is 3. The first-order valence-corrected chi connectivity index (χ1v) is 11.0. The third kappa shape index (κ3) is 5.63. The fourth-order valence-corrected chi connectivity index (χ4v) is 3.29. The molecular formula is C27H21N5O4. The van der Waals surface area contributed by atoms with Crippen LogP contribution in [0.25, 0.3) is 11.3 Å². The minimum Gasteiger partial charge on any atom is -0.490 e. The van der Waals surface area contributed by atoms with E-state index in [9.17, 15) is 14.9 Å². The lowest BCUT2D eigenvalue weighted by atomic mass is 10.1. The molecule has 1 heterocycles. The molecule has 0 unspecified atom stereocenters. The third-order valence-corrected chi connectivity index (χ3v) is 4.94. The van der Waals surface area contributed by atoms with E-state index in [4.69, 9.17) is 9.47 Å². The summed E-state index contributed by atoms with van der Waals surface area (Å²) in [5, 5.41) is 13.5. The van der Waals surface area contributed by atoms with Crippen LogP contribution in [0.1, 0.15) is 28.4 Å². The Bertz CT molecular complexity index is 1490. The fraction of sp³-hybridized carbons (Fsp3) is 0.0741. The highest BCUT2D eigenvalue weighted by atomic mass is 16.6. The van der Waals surface area contributed by atoms with Gasteiger partial charge in [-0.25, -0.2) is 15.2 Å². The first-order chi connectivity index (χ1) is 17.6. The van der Waals surface area contributed by atoms with Gasteiger partial charge >= 0.3 is 5.97 Å². The van der Waals surface area contributed by atoms with Crippen LogP contribution in [-0.2, 0) is 0 Å². The van der Waals surface area contributed by atoms with Crippen molar-refractivity contribution in [2.75, 3.05) is 12.0 Å². The highest BCUT2D eigenvalue weighted by Gasteiger charge is 2.14. The Kier molecular flexibility index (Phi) is 7.48. The molecule has 4 aromatic rings. The Balaban J connectivity index is 1.53. The van der Waals surface area contributed by atoms with Crippen LogP contribution in [0.3, 0.4) is 0 Å². The van der Waals surface area contributed by atoms with Gasteiger partial charge in [-0.3, -0.25) is 9.78 Å². The van der Waals surface area contributed by atoms with Crippen molar-refractivity contribution in [3.63, 3.8) is 0 Å². The normalized spacial score (nSPS) is 10.6. The third-order valence-electron chi connectivity index (χ3n) is 4.94. The quantitative estimate of drug-likeness (QED) is 0.166. The fourth-order valence-electron chi connectivity index (χ4n) is 3.29. The van der Waals surface area contributed by atoms with Crippen molar-refractivity contribution in [1.29, 1.82) is 5.26 Å². The number of carbonyl (C=O) groups is 1. The Morgan fingerprint density at radius 1 is 1.08 bits per heavy atom. The van der Waals surface area contributed by atoms with E-state index in [1.807, 2.05) is 25.1 Å². The number of nitriles is 1. The molecule has 1 aromatic heterocycles. The summed E-state index contributed by atoms with van der Waals surface area (Å²) in [5.74, 6) is 0.237. The Morgan fingerprint density at radius 2 is 1.81 bits per heavy atom. The van der Waals surface area contributed by atoms with Crippen LogP contribution in [0.15, 0.2) is 88.8 Å². The number of hydrogen-bond acceptors (Lipinski definition) is 8. The lowest BCUT2D eigenvalue weighted by Gasteiger charge is -2.11. The molecule has 3 aromatic carbocycles. The molecule has 0 spiro atoms. The summed E-state index contributed by atoms with van der Waals surface area (Å²) in [6.45, 7) is 2.19. The number of H-pyrrole nitrogens is 1. The smallest absolute Gasteiger partial charge is 0.343 e. The Hall–Kier alpha value is -5.23. The first kappa shape index (κ1) is 23.9. The van der Waals surface area contributed by atoms with Gasteiger partial charge in [-0.1, -0.05) is 48.5 Å². The average molecular weight is 479 g/mol. The number of ether oxygens (including phenoxy) is 2. The van der Waals surface area contributed by atoms with Gasteiger partial charge in [0, 0.05) is 5.56 Å². The molecule has 0 aliphatic carbocycles. The first-order valence-electron chi connectivity index (χ1n) is 11.0. The molecule has 0 aliphatic heterocycles. The summed E-state index contributed by atoms with van der Waals surface area (Å²) in [4.78, 5) is 31.6. The van der Waals surface area contributed by atoms with Crippen LogP contribution in [0.2, 0.25) is 0 Å². The van der Waals surface area contributed by atoms with E-state index in [2.05, 4.69) is 20.5 Å². The van der Waals surface area contributed by atoms with Crippen molar-refractivity contribution >= 4 is 18.1 Å². The summed E-state index contributed by atoms with van der Waals surface area (Å²) in [7, 11) is 0. The summed E-state index contributed by atoms with van der Waals surface area (Å²) >= 11 is 0. The average Bonchev–Trinajstić information content (AvgIpc) is 2.91. The number of hydrogen-bond donors (Lipinski definition) is 2. The van der Waals surface area contributed by atoms with E-state index in [-0.39, 0.29) is 23.0 Å². The SMILES string of the molecule is CCOc1cc(C=NNc2nc(-c3ccccc3)c(C#N)c(=O)[nH]2)ccc1OC(=O)c1ccccc1. The molecule has 0 fully saturated rings. The van der Waals surface area contributed by atoms with Gasteiger partial charge < -0.3 is 9.47 Å². The van der Waals surface area contributed by atoms with Gasteiger partial charge in [-0.2, -0.15) is 10.4 Å². The van der Waals surface area contributed by atoms with E-state index in [0.29, 0.717) is 29.0 Å². The predicted octanol–water partition coefficient (Wildman–Crippen LogP) is 4.37. The van der Waals surface area contributed by atoms with Crippen LogP contribution < -0.4 is 20.5 Å². The van der Waals surface area contributed by atoms with Crippen molar-refractivity contribution < 1.29 is 14.3 Å². The van der Waals surface area contributed by atoms with E-state index < -0.39 is 11.5 Å². The predicted molar refractivity (Wildman–Crippen MR) is 135 cm³/mol. The van der Waals surface area contributed by atoms with Crippen molar-refractivity contribution in [3.8, 4) is 28.8 Å². The number of anilines is 1. The molecule has 36 heavy (non-hydrogen) atoms. The van der Waals surface area contributed by atoms with Crippen molar-refractivity contribution in [3.05, 3.63) is 106 Å². The van der Waals surface area contributed by atoms with Gasteiger partial charge in [0.2, 0.25) is 5.95 Å². The topological polar surface area (TPSA) is 129 Å². The number of rotatable bonds is 8. The molecule has 9 nitrogen and oxygen atoms in total. The zero-order valence-electron chi connectivity index (χ0n) is 19.3. The van der Waals surface area contributed by atoms with Gasteiger partial charge in [-0.15, -0.1) is 0 Å². The zero-order chi connectivity index (χ0) is 25.3. The molecule has 0 saturated carbocycles.